The first-order chi connectivity index (χ1) is 17.0. The van der Waals surface area contributed by atoms with Crippen LogP contribution in [0.2, 0.25) is 0 Å². The maximum Gasteiger partial charge on any atom is 0.407 e. The predicted octanol–water partition coefficient (Wildman–Crippen LogP) is 6.00. The summed E-state index contributed by atoms with van der Waals surface area (Å²) in [6.07, 6.45) is 1.63. The van der Waals surface area contributed by atoms with Gasteiger partial charge in [-0.1, -0.05) is 13.8 Å². The number of ether oxygens (including phenoxy) is 2. The number of alkyl carbamates (subject to hydrolysis) is 1. The molecule has 5 nitrogen and oxygen atoms in total. The van der Waals surface area contributed by atoms with Crippen molar-refractivity contribution in [3.05, 3.63) is 52.8 Å². The van der Waals surface area contributed by atoms with Crippen molar-refractivity contribution in [3.63, 3.8) is 0 Å². The lowest BCUT2D eigenvalue weighted by molar-refractivity contribution is -0.0349. The van der Waals surface area contributed by atoms with Crippen LogP contribution in [0.15, 0.2) is 24.3 Å². The number of hydrogen-bond acceptors (Lipinski definition) is 4. The zero-order valence-electron chi connectivity index (χ0n) is 21.2. The normalized spacial score (nSPS) is 26.1. The van der Waals surface area contributed by atoms with Gasteiger partial charge in [-0.25, -0.2) is 18.0 Å². The number of nitrogens with zero attached hydrogens (tertiary/aromatic N) is 1. The van der Waals surface area contributed by atoms with E-state index in [9.17, 15) is 13.6 Å². The number of hydrogen-bond donors (Lipinski definition) is 1. The Hall–Kier alpha value is -2.74. The SMILES string of the molecule is CC(C)Oc1c(F)cc(-c2cc3c(cc2F)[C@H](NC(=O)O[C@H]2CN4CCC2CC4)C(C)(C)C3)cc1F. The number of rotatable bonds is 5. The van der Waals surface area contributed by atoms with Crippen molar-refractivity contribution in [2.24, 2.45) is 11.3 Å². The van der Waals surface area contributed by atoms with Gasteiger partial charge in [-0.2, -0.15) is 0 Å². The Morgan fingerprint density at radius 1 is 1.06 bits per heavy atom. The Morgan fingerprint density at radius 2 is 1.72 bits per heavy atom. The molecule has 8 heteroatoms. The Labute approximate surface area is 210 Å². The zero-order valence-corrected chi connectivity index (χ0v) is 21.2. The van der Waals surface area contributed by atoms with Crippen LogP contribution in [0.5, 0.6) is 5.75 Å². The van der Waals surface area contributed by atoms with Crippen molar-refractivity contribution in [1.29, 1.82) is 0 Å². The van der Waals surface area contributed by atoms with E-state index < -0.39 is 46.9 Å². The number of nitrogens with one attached hydrogen (secondary N) is 1. The van der Waals surface area contributed by atoms with Gasteiger partial charge in [0.25, 0.3) is 0 Å². The Morgan fingerprint density at radius 3 is 2.31 bits per heavy atom. The van der Waals surface area contributed by atoms with Crippen molar-refractivity contribution in [2.75, 3.05) is 19.6 Å². The average Bonchev–Trinajstić information content (AvgIpc) is 3.05. The number of carbonyl (C=O) groups is 1. The van der Waals surface area contributed by atoms with Gasteiger partial charge < -0.3 is 14.8 Å². The molecule has 2 atom stereocenters. The van der Waals surface area contributed by atoms with Crippen LogP contribution in [0.3, 0.4) is 0 Å². The van der Waals surface area contributed by atoms with E-state index >= 15 is 4.39 Å². The fourth-order valence-corrected chi connectivity index (χ4v) is 5.96. The first-order valence-electron chi connectivity index (χ1n) is 12.7. The number of piperidine rings is 3. The largest absolute Gasteiger partial charge is 0.485 e. The lowest BCUT2D eigenvalue weighted by Gasteiger charge is -2.44. The second-order valence-corrected chi connectivity index (χ2v) is 11.3. The van der Waals surface area contributed by atoms with Crippen molar-refractivity contribution in [1.82, 2.24) is 10.2 Å². The van der Waals surface area contributed by atoms with E-state index in [-0.39, 0.29) is 17.2 Å². The van der Waals surface area contributed by atoms with Crippen molar-refractivity contribution < 1.29 is 27.4 Å². The standard InChI is InChI=1S/C28H33F3N2O3/c1-15(2)35-25-22(30)10-17(11-23(25)31)19-9-18-13-28(3,4)26(20(18)12-21(19)29)32-27(34)36-24-14-33-7-5-16(24)6-8-33/h9-12,15-16,24,26H,5-8,13-14H2,1-4H3,(H,32,34)/t24-,26-/m0/s1. The molecule has 1 aliphatic carbocycles. The fraction of sp³-hybridized carbons (Fsp3) is 0.536. The highest BCUT2D eigenvalue weighted by molar-refractivity contribution is 5.71. The summed E-state index contributed by atoms with van der Waals surface area (Å²) in [6, 6.07) is 4.73. The molecule has 3 saturated heterocycles. The second-order valence-electron chi connectivity index (χ2n) is 11.3. The van der Waals surface area contributed by atoms with Gasteiger partial charge in [-0.3, -0.25) is 4.90 Å². The van der Waals surface area contributed by atoms with Crippen LogP contribution >= 0.6 is 0 Å². The molecule has 0 radical (unpaired) electrons. The number of carbonyl (C=O) groups excluding carboxylic acids is 1. The van der Waals surface area contributed by atoms with Crippen LogP contribution in [0.4, 0.5) is 18.0 Å². The van der Waals surface area contributed by atoms with Gasteiger partial charge in [-0.05, 0) is 98.5 Å². The summed E-state index contributed by atoms with van der Waals surface area (Å²) >= 11 is 0. The minimum absolute atomic E-state index is 0.0948. The molecule has 3 fully saturated rings. The molecule has 0 aromatic heterocycles. The van der Waals surface area contributed by atoms with E-state index in [1.807, 2.05) is 13.8 Å². The summed E-state index contributed by atoms with van der Waals surface area (Å²) < 4.78 is 55.5. The maximum absolute atomic E-state index is 15.3. The van der Waals surface area contributed by atoms with Crippen molar-refractivity contribution in [3.8, 4) is 16.9 Å². The summed E-state index contributed by atoms with van der Waals surface area (Å²) in [5, 5.41) is 2.98. The van der Waals surface area contributed by atoms with Gasteiger partial charge in [0.05, 0.1) is 12.1 Å². The van der Waals surface area contributed by atoms with E-state index in [1.165, 1.54) is 6.07 Å². The zero-order chi connectivity index (χ0) is 25.8. The third-order valence-corrected chi connectivity index (χ3v) is 7.75. The highest BCUT2D eigenvalue weighted by Gasteiger charge is 2.42. The van der Waals surface area contributed by atoms with Crippen molar-refractivity contribution >= 4 is 6.09 Å². The third kappa shape index (κ3) is 4.67. The topological polar surface area (TPSA) is 50.8 Å². The van der Waals surface area contributed by atoms with Crippen LogP contribution < -0.4 is 10.1 Å². The Bertz CT molecular complexity index is 1150. The molecule has 0 spiro atoms. The van der Waals surface area contributed by atoms with Crippen LogP contribution in [0, 0.1) is 28.8 Å². The molecule has 1 N–H and O–H groups in total. The van der Waals surface area contributed by atoms with E-state index in [0.29, 0.717) is 17.9 Å². The van der Waals surface area contributed by atoms with Crippen molar-refractivity contribution in [2.45, 2.75) is 65.2 Å². The van der Waals surface area contributed by atoms with Gasteiger partial charge in [0, 0.05) is 12.1 Å². The minimum Gasteiger partial charge on any atom is -0.485 e. The van der Waals surface area contributed by atoms with Crippen LogP contribution in [0.25, 0.3) is 11.1 Å². The summed E-state index contributed by atoms with van der Waals surface area (Å²) in [7, 11) is 0. The summed E-state index contributed by atoms with van der Waals surface area (Å²) in [4.78, 5) is 15.2. The first kappa shape index (κ1) is 24.9. The number of amides is 1. The smallest absolute Gasteiger partial charge is 0.407 e. The summed E-state index contributed by atoms with van der Waals surface area (Å²) in [5.41, 5.74) is 1.29. The molecule has 36 heavy (non-hydrogen) atoms. The molecule has 3 aliphatic heterocycles. The molecule has 1 amide bonds. The molecular formula is C28H33F3N2O3. The molecule has 2 bridgehead atoms. The van der Waals surface area contributed by atoms with Gasteiger partial charge in [-0.15, -0.1) is 0 Å². The molecule has 3 heterocycles. The molecular weight excluding hydrogens is 469 g/mol. The second kappa shape index (κ2) is 9.29. The minimum atomic E-state index is -0.881. The van der Waals surface area contributed by atoms with Gasteiger partial charge in [0.2, 0.25) is 0 Å². The van der Waals surface area contributed by atoms with Gasteiger partial charge >= 0.3 is 6.09 Å². The summed E-state index contributed by atoms with van der Waals surface area (Å²) in [5.74, 6) is -2.45. The fourth-order valence-electron chi connectivity index (χ4n) is 5.96. The molecule has 194 valence electrons. The molecule has 2 aromatic carbocycles. The quantitative estimate of drug-likeness (QED) is 0.545. The number of fused-ring (bicyclic) bond motifs is 4. The lowest BCUT2D eigenvalue weighted by atomic mass is 9.85. The third-order valence-electron chi connectivity index (χ3n) is 7.75. The Balaban J connectivity index is 1.38. The summed E-state index contributed by atoms with van der Waals surface area (Å²) in [6.45, 7) is 10.2. The average molecular weight is 503 g/mol. The predicted molar refractivity (Wildman–Crippen MR) is 130 cm³/mol. The Kier molecular flexibility index (Phi) is 6.43. The van der Waals surface area contributed by atoms with Gasteiger partial charge in [0.15, 0.2) is 17.4 Å². The lowest BCUT2D eigenvalue weighted by Crippen LogP contribution is -2.53. The monoisotopic (exact) mass is 502 g/mol. The maximum atomic E-state index is 15.3. The molecule has 0 saturated carbocycles. The van der Waals surface area contributed by atoms with Crippen LogP contribution in [0.1, 0.15) is 57.7 Å². The van der Waals surface area contributed by atoms with E-state index in [2.05, 4.69) is 10.2 Å². The van der Waals surface area contributed by atoms with E-state index in [0.717, 1.165) is 50.2 Å². The first-order valence-corrected chi connectivity index (χ1v) is 12.7. The molecule has 0 unspecified atom stereocenters. The molecule has 6 rings (SSSR count). The number of benzene rings is 2. The van der Waals surface area contributed by atoms with E-state index in [1.54, 1.807) is 19.9 Å². The van der Waals surface area contributed by atoms with Gasteiger partial charge in [0.1, 0.15) is 11.9 Å². The van der Waals surface area contributed by atoms with Crippen LogP contribution in [-0.2, 0) is 11.2 Å². The van der Waals surface area contributed by atoms with E-state index in [4.69, 9.17) is 9.47 Å². The molecule has 2 aromatic rings. The molecule has 4 aliphatic rings. The van der Waals surface area contributed by atoms with Crippen LogP contribution in [-0.4, -0.2) is 42.8 Å². The number of halogens is 3. The highest BCUT2D eigenvalue weighted by atomic mass is 19.1. The highest BCUT2D eigenvalue weighted by Crippen LogP contribution is 2.47.